The van der Waals surface area contributed by atoms with Crippen molar-refractivity contribution in [2.24, 2.45) is 5.73 Å². The van der Waals surface area contributed by atoms with Crippen LogP contribution in [0.15, 0.2) is 0 Å². The highest BCUT2D eigenvalue weighted by Crippen LogP contribution is 1.13. The van der Waals surface area contributed by atoms with Crippen LogP contribution in [0.2, 0.25) is 0 Å². The van der Waals surface area contributed by atoms with Gasteiger partial charge < -0.3 is 10.5 Å². The Morgan fingerprint density at radius 3 is 1.29 bits per heavy atom. The number of carbonyl (C=O) groups excluding carboxylic acids is 1. The SMILES string of the molecule is C.C.CC=O.CN. The van der Waals surface area contributed by atoms with E-state index in [0.29, 0.717) is 0 Å². The summed E-state index contributed by atoms with van der Waals surface area (Å²) in [5.41, 5.74) is 4.50. The van der Waals surface area contributed by atoms with E-state index in [0.717, 1.165) is 6.29 Å². The molecule has 0 fully saturated rings. The van der Waals surface area contributed by atoms with E-state index >= 15 is 0 Å². The number of hydrogen-bond donors (Lipinski definition) is 1. The minimum absolute atomic E-state index is 0. The lowest BCUT2D eigenvalue weighted by Gasteiger charge is -1.23. The first kappa shape index (κ1) is 30.4. The fourth-order valence-corrected chi connectivity index (χ4v) is 0. The standard InChI is InChI=1S/C2H4O.CH5N.2CH4/c1-2-3;1-2;;/h2H,1H3;2H2,1H3;2*1H4. The van der Waals surface area contributed by atoms with Crippen LogP contribution in [-0.2, 0) is 4.79 Å². The van der Waals surface area contributed by atoms with E-state index in [1.807, 2.05) is 0 Å². The third-order valence-corrected chi connectivity index (χ3v) is 0. The summed E-state index contributed by atoms with van der Waals surface area (Å²) >= 11 is 0. The van der Waals surface area contributed by atoms with E-state index in [2.05, 4.69) is 5.73 Å². The molecule has 0 bridgehead atoms. The Bertz CT molecular complexity index is 15.6. The summed E-state index contributed by atoms with van der Waals surface area (Å²) in [6.45, 7) is 1.44. The van der Waals surface area contributed by atoms with Gasteiger partial charge in [0.15, 0.2) is 0 Å². The lowest BCUT2D eigenvalue weighted by Crippen LogP contribution is -1.69. The Morgan fingerprint density at radius 1 is 1.29 bits per heavy atom. The summed E-state index contributed by atoms with van der Waals surface area (Å²) in [4.78, 5) is 8.81. The molecule has 0 aliphatic heterocycles. The van der Waals surface area contributed by atoms with E-state index in [1.165, 1.54) is 14.0 Å². The summed E-state index contributed by atoms with van der Waals surface area (Å²) in [5, 5.41) is 0. The van der Waals surface area contributed by atoms with Crippen LogP contribution in [0.4, 0.5) is 0 Å². The van der Waals surface area contributed by atoms with Crippen molar-refractivity contribution in [3.05, 3.63) is 0 Å². The van der Waals surface area contributed by atoms with Gasteiger partial charge in [-0.25, -0.2) is 0 Å². The van der Waals surface area contributed by atoms with E-state index in [-0.39, 0.29) is 14.9 Å². The van der Waals surface area contributed by atoms with Crippen molar-refractivity contribution in [2.75, 3.05) is 7.05 Å². The molecule has 2 heteroatoms. The van der Waals surface area contributed by atoms with E-state index in [1.54, 1.807) is 0 Å². The largest absolute Gasteiger partial charge is 0.333 e. The highest BCUT2D eigenvalue weighted by atomic mass is 16.1. The Hall–Kier alpha value is -0.370. The molecule has 0 spiro atoms. The van der Waals surface area contributed by atoms with Gasteiger partial charge in [-0.15, -0.1) is 0 Å². The molecule has 0 saturated carbocycles. The predicted octanol–water partition coefficient (Wildman–Crippen LogP) is 1.05. The maximum Gasteiger partial charge on any atom is 0.116 e. The summed E-state index contributed by atoms with van der Waals surface area (Å²) < 4.78 is 0. The first-order valence-electron chi connectivity index (χ1n) is 1.39. The molecule has 7 heavy (non-hydrogen) atoms. The van der Waals surface area contributed by atoms with Crippen LogP contribution in [0.3, 0.4) is 0 Å². The number of nitrogens with two attached hydrogens (primary N) is 1. The molecule has 0 rings (SSSR count). The second-order valence-electron chi connectivity index (χ2n) is 0.236. The zero-order valence-corrected chi connectivity index (χ0v) is 3.56. The third-order valence-electron chi connectivity index (χ3n) is 0. The summed E-state index contributed by atoms with van der Waals surface area (Å²) in [6, 6.07) is 0. The van der Waals surface area contributed by atoms with Gasteiger partial charge in [0.1, 0.15) is 6.29 Å². The van der Waals surface area contributed by atoms with Crippen molar-refractivity contribution in [1.82, 2.24) is 0 Å². The first-order valence-corrected chi connectivity index (χ1v) is 1.39. The van der Waals surface area contributed by atoms with E-state index < -0.39 is 0 Å². The van der Waals surface area contributed by atoms with Gasteiger partial charge in [0.2, 0.25) is 0 Å². The number of rotatable bonds is 0. The van der Waals surface area contributed by atoms with Crippen LogP contribution >= 0.6 is 0 Å². The minimum Gasteiger partial charge on any atom is -0.333 e. The Morgan fingerprint density at radius 2 is 1.29 bits per heavy atom. The molecule has 0 amide bonds. The predicted molar refractivity (Wildman–Crippen MR) is 35.3 cm³/mol. The highest BCUT2D eigenvalue weighted by molar-refractivity contribution is 5.44. The van der Waals surface area contributed by atoms with Gasteiger partial charge in [-0.3, -0.25) is 0 Å². The monoisotopic (exact) mass is 107 g/mol. The Kier molecular flexibility index (Phi) is 1320. The third kappa shape index (κ3) is 542. The molecule has 0 aromatic rings. The molecule has 2 N–H and O–H groups in total. The van der Waals surface area contributed by atoms with Crippen LogP contribution < -0.4 is 5.73 Å². The summed E-state index contributed by atoms with van der Waals surface area (Å²) in [6.07, 6.45) is 0.750. The molecule has 0 heterocycles. The van der Waals surface area contributed by atoms with Gasteiger partial charge in [-0.2, -0.15) is 0 Å². The van der Waals surface area contributed by atoms with Gasteiger partial charge in [0.25, 0.3) is 0 Å². The molecule has 0 aromatic carbocycles. The van der Waals surface area contributed by atoms with Crippen molar-refractivity contribution in [2.45, 2.75) is 21.8 Å². The van der Waals surface area contributed by atoms with Crippen molar-refractivity contribution in [3.63, 3.8) is 0 Å². The average Bonchev–Trinajstić information content (AvgIpc) is 1.46. The van der Waals surface area contributed by atoms with Crippen LogP contribution in [-0.4, -0.2) is 13.3 Å². The Balaban J connectivity index is -0.0000000105. The second kappa shape index (κ2) is 304. The fourth-order valence-electron chi connectivity index (χ4n) is 0. The van der Waals surface area contributed by atoms with Gasteiger partial charge in [-0.05, 0) is 14.0 Å². The Labute approximate surface area is 46.7 Å². The fraction of sp³-hybridized carbons (Fsp3) is 0.800. The van der Waals surface area contributed by atoms with Crippen molar-refractivity contribution in [3.8, 4) is 0 Å². The quantitative estimate of drug-likeness (QED) is 0.470. The summed E-state index contributed by atoms with van der Waals surface area (Å²) in [5.74, 6) is 0. The van der Waals surface area contributed by atoms with Crippen LogP contribution in [0.25, 0.3) is 0 Å². The number of aldehydes is 1. The number of carbonyl (C=O) groups is 1. The van der Waals surface area contributed by atoms with Crippen molar-refractivity contribution in [1.29, 1.82) is 0 Å². The van der Waals surface area contributed by atoms with Crippen LogP contribution in [0.5, 0.6) is 0 Å². The zero-order chi connectivity index (χ0) is 4.71. The van der Waals surface area contributed by atoms with Gasteiger partial charge in [0, 0.05) is 0 Å². The topological polar surface area (TPSA) is 43.1 Å². The molecule has 0 aliphatic carbocycles. The van der Waals surface area contributed by atoms with Gasteiger partial charge >= 0.3 is 0 Å². The first-order chi connectivity index (χ1) is 2.41. The molecule has 48 valence electrons. The minimum atomic E-state index is 0. The molecular weight excluding hydrogens is 90.1 g/mol. The molecule has 0 atom stereocenters. The molecule has 0 radical (unpaired) electrons. The van der Waals surface area contributed by atoms with E-state index in [4.69, 9.17) is 4.79 Å². The molecular formula is C5H17NO. The number of hydrogen-bond acceptors (Lipinski definition) is 2. The average molecular weight is 107 g/mol. The van der Waals surface area contributed by atoms with Crippen molar-refractivity contribution < 1.29 is 4.79 Å². The van der Waals surface area contributed by atoms with Crippen LogP contribution in [0.1, 0.15) is 21.8 Å². The second-order valence-corrected chi connectivity index (χ2v) is 0.236. The lowest BCUT2D eigenvalue weighted by molar-refractivity contribution is -0.106. The molecule has 0 unspecified atom stereocenters. The smallest absolute Gasteiger partial charge is 0.116 e. The molecule has 2 nitrogen and oxygen atoms in total. The van der Waals surface area contributed by atoms with Crippen molar-refractivity contribution >= 4 is 6.29 Å². The molecule has 0 aromatic heterocycles. The normalized spacial score (nSPS) is 2.71. The molecule has 0 saturated heterocycles. The van der Waals surface area contributed by atoms with Crippen LogP contribution in [0, 0.1) is 0 Å². The van der Waals surface area contributed by atoms with Gasteiger partial charge in [0.05, 0.1) is 0 Å². The van der Waals surface area contributed by atoms with E-state index in [9.17, 15) is 0 Å². The molecule has 0 aliphatic rings. The maximum atomic E-state index is 8.81. The lowest BCUT2D eigenvalue weighted by atomic mass is 11.0. The van der Waals surface area contributed by atoms with Gasteiger partial charge in [-0.1, -0.05) is 14.9 Å². The summed E-state index contributed by atoms with van der Waals surface area (Å²) in [7, 11) is 1.50. The highest BCUT2D eigenvalue weighted by Gasteiger charge is 1.24. The zero-order valence-electron chi connectivity index (χ0n) is 3.56. The maximum absolute atomic E-state index is 8.81.